The quantitative estimate of drug-likeness (QED) is 0.479. The van der Waals surface area contributed by atoms with E-state index in [9.17, 15) is 0 Å². The minimum Gasteiger partial charge on any atom is -0.0712 e. The fourth-order valence-electron chi connectivity index (χ4n) is 5.22. The van der Waals surface area contributed by atoms with Crippen molar-refractivity contribution in [2.45, 2.75) is 52.1 Å². The summed E-state index contributed by atoms with van der Waals surface area (Å²) in [5.74, 6) is 1.11. The first kappa shape index (κ1) is 7.47. The van der Waals surface area contributed by atoms with E-state index in [1.165, 1.54) is 6.42 Å². The van der Waals surface area contributed by atoms with Crippen LogP contribution in [0.1, 0.15) is 33.1 Å². The molecule has 4 aliphatic rings. The third-order valence-electron chi connectivity index (χ3n) is 4.65. The van der Waals surface area contributed by atoms with Gasteiger partial charge in [-0.1, -0.05) is 32.8 Å². The summed E-state index contributed by atoms with van der Waals surface area (Å²) < 4.78 is 0. The van der Waals surface area contributed by atoms with E-state index in [2.05, 4.69) is 13.8 Å². The van der Waals surface area contributed by atoms with E-state index in [0.717, 1.165) is 23.5 Å². The van der Waals surface area contributed by atoms with E-state index < -0.39 is 0 Å². The van der Waals surface area contributed by atoms with E-state index in [4.69, 9.17) is 0 Å². The van der Waals surface area contributed by atoms with Crippen molar-refractivity contribution in [1.82, 2.24) is 0 Å². The zero-order valence-electron chi connectivity index (χ0n) is 8.40. The Morgan fingerprint density at radius 3 is 2.08 bits per heavy atom. The van der Waals surface area contributed by atoms with Gasteiger partial charge >= 0.3 is 0 Å². The van der Waals surface area contributed by atoms with Crippen LogP contribution in [0.25, 0.3) is 0 Å². The largest absolute Gasteiger partial charge is 0.141 e. The minimum atomic E-state index is 0.763. The van der Waals surface area contributed by atoms with Crippen molar-refractivity contribution in [1.29, 1.82) is 0 Å². The lowest BCUT2D eigenvalue weighted by molar-refractivity contribution is 0.0436. The van der Waals surface area contributed by atoms with E-state index >= 15 is 0 Å². The van der Waals surface area contributed by atoms with Gasteiger partial charge in [0.25, 0.3) is 0 Å². The fraction of sp³-hybridized carbons (Fsp3) is 1.00. The molecule has 4 fully saturated rings. The molecule has 1 saturated carbocycles. The van der Waals surface area contributed by atoms with Gasteiger partial charge < -0.3 is 0 Å². The molecule has 0 nitrogen and oxygen atoms in total. The second-order valence-electron chi connectivity index (χ2n) is 6.58. The van der Waals surface area contributed by atoms with E-state index in [0.29, 0.717) is 0 Å². The van der Waals surface area contributed by atoms with Crippen LogP contribution in [0.15, 0.2) is 0 Å². The van der Waals surface area contributed by atoms with Gasteiger partial charge in [-0.25, -0.2) is 0 Å². The Balaban J connectivity index is 1.98. The van der Waals surface area contributed by atoms with Gasteiger partial charge in [-0.05, 0) is 36.0 Å². The molecule has 0 spiro atoms. The van der Waals surface area contributed by atoms with Crippen LogP contribution in [0.3, 0.4) is 0 Å². The van der Waals surface area contributed by atoms with Gasteiger partial charge in [-0.3, -0.25) is 0 Å². The Labute approximate surface area is 76.2 Å². The zero-order valence-corrected chi connectivity index (χ0v) is 8.40. The molecule has 1 aliphatic carbocycles. The summed E-state index contributed by atoms with van der Waals surface area (Å²) in [6, 6.07) is 0. The van der Waals surface area contributed by atoms with Gasteiger partial charge in [0, 0.05) is 0 Å². The molecule has 12 heavy (non-hydrogen) atoms. The molecule has 0 aromatic heterocycles. The summed E-state index contributed by atoms with van der Waals surface area (Å²) in [6.07, 6.45) is 9.33. The first-order valence-corrected chi connectivity index (χ1v) is 5.57. The standard InChI is InChI=1S/C11H19B/c1-10-3-9-4-11(2,6-10)8-12(5-9)7-10/h9H,3-8H2,1-2H3. The molecular formula is C11H19B. The lowest BCUT2D eigenvalue weighted by Crippen LogP contribution is -2.52. The lowest BCUT2D eigenvalue weighted by Gasteiger charge is -2.59. The number of rotatable bonds is 0. The summed E-state index contributed by atoms with van der Waals surface area (Å²) in [6.45, 7) is 6.20. The Kier molecular flexibility index (Phi) is 1.20. The number of hydrogen-bond acceptors (Lipinski definition) is 0. The van der Waals surface area contributed by atoms with E-state index in [-0.39, 0.29) is 0 Å². The van der Waals surface area contributed by atoms with Crippen molar-refractivity contribution in [3.05, 3.63) is 0 Å². The summed E-state index contributed by atoms with van der Waals surface area (Å²) >= 11 is 0. The summed E-state index contributed by atoms with van der Waals surface area (Å²) in [7, 11) is 0. The van der Waals surface area contributed by atoms with Crippen molar-refractivity contribution in [2.24, 2.45) is 16.7 Å². The molecule has 3 saturated heterocycles. The van der Waals surface area contributed by atoms with Gasteiger partial charge in [0.15, 0.2) is 0 Å². The van der Waals surface area contributed by atoms with Crippen LogP contribution in [0.4, 0.5) is 0 Å². The van der Waals surface area contributed by atoms with Crippen molar-refractivity contribution >= 4 is 6.71 Å². The molecular weight excluding hydrogens is 143 g/mol. The van der Waals surface area contributed by atoms with Crippen molar-refractivity contribution in [2.75, 3.05) is 0 Å². The molecule has 1 heteroatoms. The highest BCUT2D eigenvalue weighted by atomic mass is 14.5. The zero-order chi connectivity index (χ0) is 8.40. The topological polar surface area (TPSA) is 0 Å². The van der Waals surface area contributed by atoms with Gasteiger partial charge in [0.05, 0.1) is 0 Å². The average molecular weight is 162 g/mol. The van der Waals surface area contributed by atoms with Crippen LogP contribution in [-0.2, 0) is 0 Å². The smallest absolute Gasteiger partial charge is 0.0712 e. The third kappa shape index (κ3) is 0.915. The van der Waals surface area contributed by atoms with E-state index in [1.807, 2.05) is 0 Å². The van der Waals surface area contributed by atoms with Crippen molar-refractivity contribution in [3.63, 3.8) is 0 Å². The molecule has 4 rings (SSSR count). The van der Waals surface area contributed by atoms with Gasteiger partial charge in [-0.2, -0.15) is 0 Å². The molecule has 0 aromatic carbocycles. The van der Waals surface area contributed by atoms with Crippen LogP contribution in [0.2, 0.25) is 19.0 Å². The molecule has 2 unspecified atom stereocenters. The van der Waals surface area contributed by atoms with E-state index in [1.54, 1.807) is 31.8 Å². The maximum atomic E-state index is 2.54. The SMILES string of the molecule is CC12CB3CC(C1)CC(C)(C3)C2. The fourth-order valence-corrected chi connectivity index (χ4v) is 5.22. The normalized spacial score (nSPS) is 56.5. The Bertz CT molecular complexity index is 187. The first-order chi connectivity index (χ1) is 5.57. The third-order valence-corrected chi connectivity index (χ3v) is 4.65. The second-order valence-corrected chi connectivity index (χ2v) is 6.58. The Hall–Kier alpha value is 0.0649. The summed E-state index contributed by atoms with van der Waals surface area (Å²) in [5.41, 5.74) is 1.53. The second kappa shape index (κ2) is 1.94. The highest BCUT2D eigenvalue weighted by molar-refractivity contribution is 6.60. The van der Waals surface area contributed by atoms with Gasteiger partial charge in [0.2, 0.25) is 0 Å². The number of hydrogen-bond donors (Lipinski definition) is 0. The predicted octanol–water partition coefficient (Wildman–Crippen LogP) is 3.32. The first-order valence-electron chi connectivity index (χ1n) is 5.57. The van der Waals surface area contributed by atoms with Gasteiger partial charge in [-0.15, -0.1) is 0 Å². The summed E-state index contributed by atoms with van der Waals surface area (Å²) in [5, 5.41) is 0. The predicted molar refractivity (Wildman–Crippen MR) is 53.7 cm³/mol. The highest BCUT2D eigenvalue weighted by Crippen LogP contribution is 2.63. The lowest BCUT2D eigenvalue weighted by atomic mass is 9.22. The van der Waals surface area contributed by atoms with Crippen LogP contribution >= 0.6 is 0 Å². The minimum absolute atomic E-state index is 0.763. The molecule has 0 aromatic rings. The molecule has 0 radical (unpaired) electrons. The summed E-state index contributed by atoms with van der Waals surface area (Å²) in [4.78, 5) is 0. The van der Waals surface area contributed by atoms with Gasteiger partial charge in [0.1, 0.15) is 6.71 Å². The Morgan fingerprint density at radius 1 is 1.08 bits per heavy atom. The Morgan fingerprint density at radius 2 is 1.67 bits per heavy atom. The van der Waals surface area contributed by atoms with Crippen LogP contribution in [-0.4, -0.2) is 6.71 Å². The monoisotopic (exact) mass is 162 g/mol. The molecule has 0 N–H and O–H groups in total. The molecule has 3 aliphatic heterocycles. The average Bonchev–Trinajstić information content (AvgIpc) is 1.75. The van der Waals surface area contributed by atoms with Crippen molar-refractivity contribution < 1.29 is 0 Å². The maximum Gasteiger partial charge on any atom is 0.141 e. The molecule has 0 amide bonds. The molecule has 3 heterocycles. The molecule has 66 valence electrons. The highest BCUT2D eigenvalue weighted by Gasteiger charge is 2.54. The molecule has 2 atom stereocenters. The van der Waals surface area contributed by atoms with Crippen LogP contribution in [0.5, 0.6) is 0 Å². The van der Waals surface area contributed by atoms with Crippen LogP contribution < -0.4 is 0 Å². The van der Waals surface area contributed by atoms with Crippen molar-refractivity contribution in [3.8, 4) is 0 Å². The van der Waals surface area contributed by atoms with Crippen LogP contribution in [0, 0.1) is 16.7 Å². The molecule has 4 bridgehead atoms. The maximum absolute atomic E-state index is 2.54.